The number of aromatic nitrogens is 1. The van der Waals surface area contributed by atoms with E-state index >= 15 is 0 Å². The van der Waals surface area contributed by atoms with E-state index in [9.17, 15) is 9.18 Å². The minimum atomic E-state index is -0.873. The zero-order valence-corrected chi connectivity index (χ0v) is 13.6. The summed E-state index contributed by atoms with van der Waals surface area (Å²) in [5, 5.41) is 13.1. The molecule has 0 unspecified atom stereocenters. The van der Waals surface area contributed by atoms with Crippen molar-refractivity contribution in [1.29, 1.82) is 0 Å². The summed E-state index contributed by atoms with van der Waals surface area (Å²) >= 11 is 1.51. The Hall–Kier alpha value is -1.93. The average Bonchev–Trinajstić information content (AvgIpc) is 3.22. The minimum Gasteiger partial charge on any atom is -0.361 e. The van der Waals surface area contributed by atoms with E-state index in [4.69, 9.17) is 4.52 Å². The van der Waals surface area contributed by atoms with Crippen LogP contribution in [0.15, 0.2) is 27.5 Å². The first kappa shape index (κ1) is 15.9. The van der Waals surface area contributed by atoms with Crippen molar-refractivity contribution in [2.75, 3.05) is 18.4 Å². The van der Waals surface area contributed by atoms with E-state index in [0.717, 1.165) is 17.0 Å². The molecule has 0 aromatic carbocycles. The molecule has 1 saturated heterocycles. The van der Waals surface area contributed by atoms with Crippen molar-refractivity contribution in [3.63, 3.8) is 0 Å². The lowest BCUT2D eigenvalue weighted by atomic mass is 10.2. The highest BCUT2D eigenvalue weighted by Crippen LogP contribution is 2.23. The van der Waals surface area contributed by atoms with Gasteiger partial charge in [-0.05, 0) is 24.8 Å². The molecule has 8 heteroatoms. The Morgan fingerprint density at radius 3 is 3.17 bits per heavy atom. The van der Waals surface area contributed by atoms with Gasteiger partial charge in [-0.15, -0.1) is 0 Å². The van der Waals surface area contributed by atoms with Crippen LogP contribution < -0.4 is 10.6 Å². The van der Waals surface area contributed by atoms with Crippen molar-refractivity contribution in [2.24, 2.45) is 0 Å². The number of urea groups is 1. The van der Waals surface area contributed by atoms with Gasteiger partial charge in [0.2, 0.25) is 0 Å². The Balaban J connectivity index is 1.53. The quantitative estimate of drug-likeness (QED) is 0.879. The number of thiophene rings is 1. The smallest absolute Gasteiger partial charge is 0.319 e. The second-order valence-electron chi connectivity index (χ2n) is 5.67. The first-order valence-corrected chi connectivity index (χ1v) is 8.41. The molecule has 23 heavy (non-hydrogen) atoms. The molecule has 2 atom stereocenters. The lowest BCUT2D eigenvalue weighted by Gasteiger charge is -2.23. The molecule has 2 amide bonds. The summed E-state index contributed by atoms with van der Waals surface area (Å²) in [7, 11) is 0. The number of carbonyl (C=O) groups is 1. The Morgan fingerprint density at radius 2 is 2.48 bits per heavy atom. The van der Waals surface area contributed by atoms with Crippen molar-refractivity contribution in [2.45, 2.75) is 32.1 Å². The fraction of sp³-hybridized carbons (Fsp3) is 0.467. The highest BCUT2D eigenvalue weighted by Gasteiger charge is 2.32. The van der Waals surface area contributed by atoms with Crippen LogP contribution in [-0.2, 0) is 6.54 Å². The average molecular weight is 338 g/mol. The van der Waals surface area contributed by atoms with Crippen LogP contribution in [0.4, 0.5) is 14.9 Å². The zero-order valence-electron chi connectivity index (χ0n) is 12.8. The van der Waals surface area contributed by atoms with Gasteiger partial charge in [0.05, 0.1) is 11.9 Å². The molecule has 2 N–H and O–H groups in total. The summed E-state index contributed by atoms with van der Waals surface area (Å²) in [5.74, 6) is 0.745. The van der Waals surface area contributed by atoms with Crippen LogP contribution in [0, 0.1) is 6.92 Å². The number of likely N-dealkylation sites (tertiary alicyclic amines) is 1. The van der Waals surface area contributed by atoms with E-state index in [1.54, 1.807) is 6.20 Å². The van der Waals surface area contributed by atoms with E-state index in [1.807, 2.05) is 28.7 Å². The lowest BCUT2D eigenvalue weighted by molar-refractivity contribution is 0.223. The summed E-state index contributed by atoms with van der Waals surface area (Å²) in [4.78, 5) is 13.9. The van der Waals surface area contributed by atoms with Gasteiger partial charge < -0.3 is 15.2 Å². The van der Waals surface area contributed by atoms with Crippen molar-refractivity contribution in [1.82, 2.24) is 15.4 Å². The van der Waals surface area contributed by atoms with Gasteiger partial charge >= 0.3 is 6.03 Å². The highest BCUT2D eigenvalue weighted by atomic mass is 32.1. The Labute approximate surface area is 137 Å². The van der Waals surface area contributed by atoms with Crippen LogP contribution in [0.1, 0.15) is 17.7 Å². The van der Waals surface area contributed by atoms with Crippen molar-refractivity contribution in [3.05, 3.63) is 34.3 Å². The number of aryl methyl sites for hydroxylation is 1. The lowest BCUT2D eigenvalue weighted by Crippen LogP contribution is -2.41. The molecule has 3 rings (SSSR count). The molecular weight excluding hydrogens is 319 g/mol. The topological polar surface area (TPSA) is 70.4 Å². The third kappa shape index (κ3) is 4.08. The van der Waals surface area contributed by atoms with Crippen molar-refractivity contribution >= 4 is 23.1 Å². The van der Waals surface area contributed by atoms with Crippen molar-refractivity contribution < 1.29 is 13.7 Å². The molecule has 124 valence electrons. The van der Waals surface area contributed by atoms with Gasteiger partial charge in [-0.3, -0.25) is 4.90 Å². The third-order valence-electron chi connectivity index (χ3n) is 3.98. The number of rotatable bonds is 5. The van der Waals surface area contributed by atoms with Gasteiger partial charge in [-0.25, -0.2) is 9.18 Å². The van der Waals surface area contributed by atoms with Gasteiger partial charge in [0, 0.05) is 36.6 Å². The maximum atomic E-state index is 13.8. The molecule has 6 nitrogen and oxygen atoms in total. The fourth-order valence-corrected chi connectivity index (χ4v) is 3.33. The number of amides is 2. The molecule has 3 heterocycles. The normalized spacial score (nSPS) is 21.5. The SMILES string of the molecule is Cc1oncc1CN1C[C@@H](F)C[C@H]1CNC(=O)Nc1ccsc1. The molecule has 0 aliphatic carbocycles. The van der Waals surface area contributed by atoms with E-state index in [0.29, 0.717) is 26.1 Å². The zero-order chi connectivity index (χ0) is 16.2. The molecule has 0 spiro atoms. The molecule has 2 aromatic rings. The van der Waals surface area contributed by atoms with Crippen LogP contribution in [-0.4, -0.2) is 41.4 Å². The molecule has 2 aromatic heterocycles. The molecular formula is C15H19FN4O2S. The summed E-state index contributed by atoms with van der Waals surface area (Å²) in [6.45, 7) is 3.19. The largest absolute Gasteiger partial charge is 0.361 e. The molecule has 0 radical (unpaired) electrons. The monoisotopic (exact) mass is 338 g/mol. The van der Waals surface area contributed by atoms with E-state index in [-0.39, 0.29) is 12.1 Å². The summed E-state index contributed by atoms with van der Waals surface area (Å²) in [6, 6.07) is 1.53. The summed E-state index contributed by atoms with van der Waals surface area (Å²) < 4.78 is 18.8. The molecule has 1 aliphatic heterocycles. The van der Waals surface area contributed by atoms with Crippen LogP contribution >= 0.6 is 11.3 Å². The predicted octanol–water partition coefficient (Wildman–Crippen LogP) is 2.78. The van der Waals surface area contributed by atoms with Crippen LogP contribution in [0.2, 0.25) is 0 Å². The standard InChI is InChI=1S/C15H19FN4O2S/c1-10-11(5-18-22-10)7-20-8-12(16)4-14(20)6-17-15(21)19-13-2-3-23-9-13/h2-3,5,9,12,14H,4,6-8H2,1H3,(H2,17,19,21)/t12-,14-/m0/s1. The van der Waals surface area contributed by atoms with Crippen LogP contribution in [0.5, 0.6) is 0 Å². The summed E-state index contributed by atoms with van der Waals surface area (Å²) in [5.41, 5.74) is 1.71. The fourth-order valence-electron chi connectivity index (χ4n) is 2.74. The first-order valence-electron chi connectivity index (χ1n) is 7.47. The maximum Gasteiger partial charge on any atom is 0.319 e. The molecule has 0 saturated carbocycles. The van der Waals surface area contributed by atoms with E-state index in [1.165, 1.54) is 11.3 Å². The second-order valence-corrected chi connectivity index (χ2v) is 6.45. The first-order chi connectivity index (χ1) is 11.1. The Kier molecular flexibility index (Phi) is 4.92. The minimum absolute atomic E-state index is 0.0347. The predicted molar refractivity (Wildman–Crippen MR) is 86.3 cm³/mol. The van der Waals surface area contributed by atoms with Gasteiger partial charge in [0.1, 0.15) is 11.9 Å². The van der Waals surface area contributed by atoms with Crippen LogP contribution in [0.25, 0.3) is 0 Å². The van der Waals surface area contributed by atoms with Gasteiger partial charge in [0.25, 0.3) is 0 Å². The molecule has 0 bridgehead atoms. The summed E-state index contributed by atoms with van der Waals surface area (Å²) in [6.07, 6.45) is 1.21. The number of anilines is 1. The number of hydrogen-bond donors (Lipinski definition) is 2. The maximum absolute atomic E-state index is 13.8. The Bertz CT molecular complexity index is 646. The third-order valence-corrected chi connectivity index (χ3v) is 4.66. The van der Waals surface area contributed by atoms with E-state index < -0.39 is 6.17 Å². The highest BCUT2D eigenvalue weighted by molar-refractivity contribution is 7.08. The number of alkyl halides is 1. The number of hydrogen-bond acceptors (Lipinski definition) is 5. The molecule has 1 aliphatic rings. The number of carbonyl (C=O) groups excluding carboxylic acids is 1. The Morgan fingerprint density at radius 1 is 1.61 bits per heavy atom. The van der Waals surface area contributed by atoms with Gasteiger partial charge in [-0.2, -0.15) is 11.3 Å². The number of nitrogens with one attached hydrogen (secondary N) is 2. The number of halogens is 1. The second kappa shape index (κ2) is 7.10. The van der Waals surface area contributed by atoms with E-state index in [2.05, 4.69) is 15.8 Å². The van der Waals surface area contributed by atoms with Crippen LogP contribution in [0.3, 0.4) is 0 Å². The number of nitrogens with zero attached hydrogens (tertiary/aromatic N) is 2. The van der Waals surface area contributed by atoms with Gasteiger partial charge in [0.15, 0.2) is 0 Å². The van der Waals surface area contributed by atoms with Gasteiger partial charge in [-0.1, -0.05) is 5.16 Å². The molecule has 1 fully saturated rings. The van der Waals surface area contributed by atoms with Crippen molar-refractivity contribution in [3.8, 4) is 0 Å².